The van der Waals surface area contributed by atoms with Crippen LogP contribution in [-0.2, 0) is 13.0 Å². The maximum Gasteiger partial charge on any atom is 0.393 e. The summed E-state index contributed by atoms with van der Waals surface area (Å²) in [5.74, 6) is 0.767. The van der Waals surface area contributed by atoms with Crippen molar-refractivity contribution in [2.45, 2.75) is 32.0 Å². The number of rotatable bonds is 4. The third-order valence-electron chi connectivity index (χ3n) is 6.38. The molecule has 0 aliphatic carbocycles. The summed E-state index contributed by atoms with van der Waals surface area (Å²) in [5, 5.41) is 0.737. The van der Waals surface area contributed by atoms with E-state index in [1.807, 2.05) is 12.1 Å². The Labute approximate surface area is 182 Å². The summed E-state index contributed by atoms with van der Waals surface area (Å²) in [6.07, 6.45) is -1.48. The van der Waals surface area contributed by atoms with Gasteiger partial charge in [0.2, 0.25) is 0 Å². The van der Waals surface area contributed by atoms with Gasteiger partial charge >= 0.3 is 6.18 Å². The van der Waals surface area contributed by atoms with Crippen LogP contribution in [0.2, 0.25) is 0 Å². The van der Waals surface area contributed by atoms with Crippen LogP contribution in [0.25, 0.3) is 10.2 Å². The van der Waals surface area contributed by atoms with E-state index in [0.717, 1.165) is 73.8 Å². The van der Waals surface area contributed by atoms with Gasteiger partial charge in [0.05, 0.1) is 11.8 Å². The predicted molar refractivity (Wildman–Crippen MR) is 117 cm³/mol. The average Bonchev–Trinajstić information content (AvgIpc) is 3.41. The molecule has 2 aromatic heterocycles. The maximum atomic E-state index is 12.8. The summed E-state index contributed by atoms with van der Waals surface area (Å²) >= 11 is 1.11. The zero-order valence-corrected chi connectivity index (χ0v) is 17.8. The van der Waals surface area contributed by atoms with E-state index >= 15 is 0 Å². The zero-order valence-electron chi connectivity index (χ0n) is 17.0. The van der Waals surface area contributed by atoms with E-state index < -0.39 is 12.6 Å². The summed E-state index contributed by atoms with van der Waals surface area (Å²) in [6, 6.07) is 9.65. The fraction of sp³-hybridized carbons (Fsp3) is 0.455. The fourth-order valence-corrected chi connectivity index (χ4v) is 5.94. The topological polar surface area (TPSA) is 58.3 Å². The number of fused-ring (bicyclic) bond motifs is 1. The normalized spacial score (nSPS) is 22.2. The molecule has 0 amide bonds. The number of alkyl halides is 3. The van der Waals surface area contributed by atoms with Gasteiger partial charge in [0.15, 0.2) is 0 Å². The molecule has 2 aliphatic rings. The van der Waals surface area contributed by atoms with Crippen LogP contribution >= 0.6 is 11.3 Å². The van der Waals surface area contributed by atoms with Gasteiger partial charge in [-0.15, -0.1) is 11.3 Å². The van der Waals surface area contributed by atoms with Gasteiger partial charge in [0.1, 0.15) is 17.0 Å². The molecule has 31 heavy (non-hydrogen) atoms. The minimum Gasteiger partial charge on any atom is -0.399 e. The summed E-state index contributed by atoms with van der Waals surface area (Å²) < 4.78 is 38.5. The maximum absolute atomic E-state index is 12.8. The van der Waals surface area contributed by atoms with Gasteiger partial charge in [0.25, 0.3) is 0 Å². The number of anilines is 2. The number of benzene rings is 1. The van der Waals surface area contributed by atoms with Crippen LogP contribution in [0.15, 0.2) is 36.7 Å². The lowest BCUT2D eigenvalue weighted by molar-refractivity contribution is -0.126. The molecule has 2 N–H and O–H groups in total. The Morgan fingerprint density at radius 1 is 1.06 bits per heavy atom. The number of aromatic nitrogens is 2. The summed E-state index contributed by atoms with van der Waals surface area (Å²) in [4.78, 5) is 14.3. The lowest BCUT2D eigenvalue weighted by atomic mass is 9.86. The first-order valence-electron chi connectivity index (χ1n) is 10.4. The van der Waals surface area contributed by atoms with Gasteiger partial charge < -0.3 is 10.6 Å². The van der Waals surface area contributed by atoms with Crippen molar-refractivity contribution in [1.82, 2.24) is 14.9 Å². The molecule has 1 spiro atoms. The highest BCUT2D eigenvalue weighted by Gasteiger charge is 2.44. The number of nitrogen functional groups attached to an aromatic ring is 1. The van der Waals surface area contributed by atoms with E-state index in [2.05, 4.69) is 31.9 Å². The highest BCUT2D eigenvalue weighted by molar-refractivity contribution is 7.18. The van der Waals surface area contributed by atoms with E-state index in [9.17, 15) is 13.2 Å². The number of halogens is 3. The van der Waals surface area contributed by atoms with Gasteiger partial charge in [-0.25, -0.2) is 9.97 Å². The van der Waals surface area contributed by atoms with Crippen molar-refractivity contribution < 1.29 is 13.2 Å². The summed E-state index contributed by atoms with van der Waals surface area (Å²) in [5.41, 5.74) is 8.02. The van der Waals surface area contributed by atoms with Crippen molar-refractivity contribution >= 4 is 33.1 Å². The molecule has 1 aromatic carbocycles. The molecule has 1 atom stereocenters. The van der Waals surface area contributed by atoms with E-state index in [1.165, 1.54) is 11.9 Å². The molecule has 4 heterocycles. The third kappa shape index (κ3) is 4.34. The first-order valence-corrected chi connectivity index (χ1v) is 11.2. The first kappa shape index (κ1) is 20.5. The Bertz CT molecular complexity index is 1080. The molecule has 5 rings (SSSR count). The first-order chi connectivity index (χ1) is 14.8. The number of nitrogens with zero attached hydrogens (tertiary/aromatic N) is 4. The number of hydrogen-bond acceptors (Lipinski definition) is 6. The molecule has 0 saturated carbocycles. The van der Waals surface area contributed by atoms with Gasteiger partial charge in [-0.05, 0) is 43.1 Å². The van der Waals surface area contributed by atoms with Gasteiger partial charge in [-0.1, -0.05) is 12.1 Å². The van der Waals surface area contributed by atoms with Gasteiger partial charge in [0, 0.05) is 42.2 Å². The average molecular weight is 448 g/mol. The highest BCUT2D eigenvalue weighted by atomic mass is 32.1. The lowest BCUT2D eigenvalue weighted by Crippen LogP contribution is -2.31. The number of hydrogen-bond donors (Lipinski definition) is 1. The second-order valence-corrected chi connectivity index (χ2v) is 9.91. The molecule has 2 aliphatic heterocycles. The predicted octanol–water partition coefficient (Wildman–Crippen LogP) is 4.48. The molecular weight excluding hydrogens is 423 g/mol. The van der Waals surface area contributed by atoms with Gasteiger partial charge in [-0.3, -0.25) is 4.90 Å². The lowest BCUT2D eigenvalue weighted by Gasteiger charge is -2.25. The van der Waals surface area contributed by atoms with Crippen LogP contribution in [0.1, 0.15) is 23.3 Å². The van der Waals surface area contributed by atoms with Crippen LogP contribution in [-0.4, -0.2) is 47.2 Å². The molecular formula is C22H24F3N5S. The van der Waals surface area contributed by atoms with Crippen molar-refractivity contribution in [2.24, 2.45) is 5.41 Å². The second-order valence-electron chi connectivity index (χ2n) is 8.79. The Balaban J connectivity index is 1.30. The Morgan fingerprint density at radius 3 is 2.61 bits per heavy atom. The van der Waals surface area contributed by atoms with Crippen LogP contribution < -0.4 is 10.6 Å². The highest BCUT2D eigenvalue weighted by Crippen LogP contribution is 2.43. The molecule has 3 aromatic rings. The quantitative estimate of drug-likeness (QED) is 0.598. The number of nitrogens with two attached hydrogens (primary N) is 1. The molecule has 0 radical (unpaired) electrons. The van der Waals surface area contributed by atoms with E-state index in [0.29, 0.717) is 4.83 Å². The minimum atomic E-state index is -4.22. The van der Waals surface area contributed by atoms with Crippen LogP contribution in [0.5, 0.6) is 0 Å². The van der Waals surface area contributed by atoms with E-state index in [1.54, 1.807) is 6.07 Å². The van der Waals surface area contributed by atoms with Gasteiger partial charge in [-0.2, -0.15) is 13.2 Å². The number of thiophene rings is 1. The Kier molecular flexibility index (Phi) is 5.05. The molecule has 0 bridgehead atoms. The number of likely N-dealkylation sites (tertiary alicyclic amines) is 1. The molecule has 2 saturated heterocycles. The van der Waals surface area contributed by atoms with Crippen molar-refractivity contribution in [3.05, 3.63) is 47.1 Å². The van der Waals surface area contributed by atoms with E-state index in [-0.39, 0.29) is 10.3 Å². The van der Waals surface area contributed by atoms with Crippen LogP contribution in [0.3, 0.4) is 0 Å². The van der Waals surface area contributed by atoms with Crippen molar-refractivity contribution in [3.63, 3.8) is 0 Å². The molecule has 5 nitrogen and oxygen atoms in total. The smallest absolute Gasteiger partial charge is 0.393 e. The Hall–Kier alpha value is -2.39. The zero-order chi connectivity index (χ0) is 21.6. The minimum absolute atomic E-state index is 0.204. The summed E-state index contributed by atoms with van der Waals surface area (Å²) in [7, 11) is 0. The largest absolute Gasteiger partial charge is 0.399 e. The fourth-order valence-electron chi connectivity index (χ4n) is 4.92. The van der Waals surface area contributed by atoms with Crippen LogP contribution in [0, 0.1) is 5.41 Å². The van der Waals surface area contributed by atoms with Crippen molar-refractivity contribution in [1.29, 1.82) is 0 Å². The van der Waals surface area contributed by atoms with E-state index in [4.69, 9.17) is 5.73 Å². The van der Waals surface area contributed by atoms with Crippen LogP contribution in [0.4, 0.5) is 24.7 Å². The Morgan fingerprint density at radius 2 is 1.84 bits per heavy atom. The molecule has 164 valence electrons. The third-order valence-corrected chi connectivity index (χ3v) is 7.42. The summed E-state index contributed by atoms with van der Waals surface area (Å²) in [6.45, 7) is 4.72. The SMILES string of the molecule is Nc1ccc(CN2CCC3(CCN(c4ncnc5sc(CC(F)(F)F)cc45)C3)C2)cc1. The molecule has 1 unspecified atom stereocenters. The monoisotopic (exact) mass is 447 g/mol. The van der Waals surface area contributed by atoms with Crippen molar-refractivity contribution in [2.75, 3.05) is 36.8 Å². The second kappa shape index (κ2) is 7.63. The molecule has 9 heteroatoms. The molecule has 2 fully saturated rings. The van der Waals surface area contributed by atoms with Crippen molar-refractivity contribution in [3.8, 4) is 0 Å². The standard InChI is InChI=1S/C22H24F3N5S/c23-22(24,25)10-17-9-18-19(27-14-28-20(18)31-17)30-8-6-21(13-30)5-7-29(12-21)11-15-1-3-16(26)4-2-15/h1-4,9,14H,5-8,10-13,26H2.